The van der Waals surface area contributed by atoms with Crippen LogP contribution in [0.5, 0.6) is 0 Å². The van der Waals surface area contributed by atoms with Crippen molar-refractivity contribution in [2.75, 3.05) is 31.6 Å². The summed E-state index contributed by atoms with van der Waals surface area (Å²) in [5.41, 5.74) is 2.76. The molecule has 0 saturated carbocycles. The predicted octanol–water partition coefficient (Wildman–Crippen LogP) is 2.82. The number of hydrogen-bond donors (Lipinski definition) is 1. The lowest BCUT2D eigenvalue weighted by Gasteiger charge is -2.34. The minimum Gasteiger partial charge on any atom is -0.339 e. The van der Waals surface area contributed by atoms with E-state index in [0.717, 1.165) is 12.5 Å². The van der Waals surface area contributed by atoms with Gasteiger partial charge in [0.15, 0.2) is 0 Å². The average Bonchev–Trinajstić information content (AvgIpc) is 2.92. The molecule has 2 nitrogen and oxygen atoms in total. The second-order valence-electron chi connectivity index (χ2n) is 6.21. The number of fused-ring (bicyclic) bond motifs is 2. The van der Waals surface area contributed by atoms with Gasteiger partial charge in [-0.1, -0.05) is 36.0 Å². The van der Waals surface area contributed by atoms with E-state index in [4.69, 9.17) is 0 Å². The van der Waals surface area contributed by atoms with Gasteiger partial charge in [-0.15, -0.1) is 0 Å². The zero-order valence-electron chi connectivity index (χ0n) is 12.4. The van der Waals surface area contributed by atoms with Crippen LogP contribution in [0, 0.1) is 5.92 Å². The minimum absolute atomic E-state index is 0.800. The maximum Gasteiger partial charge on any atom is 0.0817 e. The van der Waals surface area contributed by atoms with Crippen LogP contribution in [-0.2, 0) is 0 Å². The molecule has 2 atom stereocenters. The lowest BCUT2D eigenvalue weighted by atomic mass is 10.1. The molecule has 1 fully saturated rings. The molecular formula is C18H21N2S+. The molecule has 108 valence electrons. The van der Waals surface area contributed by atoms with Gasteiger partial charge in [-0.2, -0.15) is 0 Å². The normalized spacial score (nSPS) is 23.8. The van der Waals surface area contributed by atoms with Gasteiger partial charge in [0.05, 0.1) is 31.5 Å². The molecule has 0 radical (unpaired) electrons. The predicted molar refractivity (Wildman–Crippen MR) is 88.7 cm³/mol. The summed E-state index contributed by atoms with van der Waals surface area (Å²) in [6, 6.07) is 17.6. The van der Waals surface area contributed by atoms with Gasteiger partial charge in [0.2, 0.25) is 0 Å². The van der Waals surface area contributed by atoms with Gasteiger partial charge in [0, 0.05) is 28.7 Å². The maximum atomic E-state index is 2.55. The highest BCUT2D eigenvalue weighted by Crippen LogP contribution is 2.48. The monoisotopic (exact) mass is 297 g/mol. The zero-order chi connectivity index (χ0) is 14.2. The molecule has 2 aliphatic rings. The molecule has 2 aliphatic heterocycles. The van der Waals surface area contributed by atoms with E-state index in [1.807, 2.05) is 11.8 Å². The van der Waals surface area contributed by atoms with Crippen molar-refractivity contribution < 1.29 is 4.90 Å². The summed E-state index contributed by atoms with van der Waals surface area (Å²) in [7, 11) is 2.31. The molecular weight excluding hydrogens is 276 g/mol. The number of benzene rings is 2. The Bertz CT molecular complexity index is 610. The van der Waals surface area contributed by atoms with Gasteiger partial charge < -0.3 is 9.80 Å². The minimum atomic E-state index is 0.800. The molecule has 1 N–H and O–H groups in total. The molecule has 1 saturated heterocycles. The standard InChI is InChI=1S/C18H20N2S/c1-19-11-10-14(12-19)13-20-15-6-2-4-8-17(15)21-18-9-5-3-7-16(18)20/h2-9,14H,10-13H2,1H3/p+1. The highest BCUT2D eigenvalue weighted by atomic mass is 32.2. The number of para-hydroxylation sites is 2. The summed E-state index contributed by atoms with van der Waals surface area (Å²) < 4.78 is 0. The van der Waals surface area contributed by atoms with Crippen molar-refractivity contribution in [3.8, 4) is 0 Å². The van der Waals surface area contributed by atoms with Crippen molar-refractivity contribution in [2.45, 2.75) is 16.2 Å². The SMILES string of the molecule is C[NH+]1CCC(CN2c3ccccc3Sc3ccccc32)C1. The first kappa shape index (κ1) is 13.2. The zero-order valence-corrected chi connectivity index (χ0v) is 13.2. The van der Waals surface area contributed by atoms with E-state index in [-0.39, 0.29) is 0 Å². The number of likely N-dealkylation sites (tertiary alicyclic amines) is 1. The molecule has 2 aromatic rings. The number of rotatable bonds is 2. The van der Waals surface area contributed by atoms with Crippen LogP contribution < -0.4 is 9.80 Å². The molecule has 2 heterocycles. The fourth-order valence-corrected chi connectivity index (χ4v) is 4.64. The first-order chi connectivity index (χ1) is 10.3. The Morgan fingerprint density at radius 2 is 1.67 bits per heavy atom. The quantitative estimate of drug-likeness (QED) is 0.911. The van der Waals surface area contributed by atoms with E-state index < -0.39 is 0 Å². The van der Waals surface area contributed by atoms with E-state index >= 15 is 0 Å². The van der Waals surface area contributed by atoms with Crippen molar-refractivity contribution in [1.82, 2.24) is 0 Å². The number of hydrogen-bond acceptors (Lipinski definition) is 2. The summed E-state index contributed by atoms with van der Waals surface area (Å²) >= 11 is 1.90. The molecule has 4 rings (SSSR count). The van der Waals surface area contributed by atoms with Crippen LogP contribution in [0.25, 0.3) is 0 Å². The third-order valence-corrected chi connectivity index (χ3v) is 5.72. The summed E-state index contributed by atoms with van der Waals surface area (Å²) in [6.07, 6.45) is 1.35. The molecule has 0 aromatic heterocycles. The highest BCUT2D eigenvalue weighted by molar-refractivity contribution is 7.99. The molecule has 0 amide bonds. The van der Waals surface area contributed by atoms with Crippen LogP contribution in [0.15, 0.2) is 58.3 Å². The first-order valence-corrected chi connectivity index (χ1v) is 8.57. The van der Waals surface area contributed by atoms with Gasteiger partial charge in [0.25, 0.3) is 0 Å². The maximum absolute atomic E-state index is 2.55. The summed E-state index contributed by atoms with van der Waals surface area (Å²) in [4.78, 5) is 6.99. The Morgan fingerprint density at radius 1 is 1.05 bits per heavy atom. The van der Waals surface area contributed by atoms with Crippen molar-refractivity contribution in [3.63, 3.8) is 0 Å². The Morgan fingerprint density at radius 3 is 2.24 bits per heavy atom. The van der Waals surface area contributed by atoms with E-state index in [1.54, 1.807) is 4.90 Å². The van der Waals surface area contributed by atoms with Crippen molar-refractivity contribution in [2.24, 2.45) is 5.92 Å². The number of nitrogens with zero attached hydrogens (tertiary/aromatic N) is 1. The molecule has 0 bridgehead atoms. The number of nitrogens with one attached hydrogen (secondary N) is 1. The Balaban J connectivity index is 1.71. The second kappa shape index (κ2) is 5.39. The van der Waals surface area contributed by atoms with Gasteiger partial charge >= 0.3 is 0 Å². The first-order valence-electron chi connectivity index (χ1n) is 7.76. The largest absolute Gasteiger partial charge is 0.339 e. The van der Waals surface area contributed by atoms with Gasteiger partial charge in [-0.25, -0.2) is 0 Å². The third kappa shape index (κ3) is 2.45. The molecule has 0 spiro atoms. The topological polar surface area (TPSA) is 7.68 Å². The lowest BCUT2D eigenvalue weighted by molar-refractivity contribution is -0.867. The molecule has 3 heteroatoms. The van der Waals surface area contributed by atoms with Crippen LogP contribution in [0.3, 0.4) is 0 Å². The van der Waals surface area contributed by atoms with Crippen LogP contribution >= 0.6 is 11.8 Å². The highest BCUT2D eigenvalue weighted by Gasteiger charge is 2.29. The lowest BCUT2D eigenvalue weighted by Crippen LogP contribution is -3.07. The van der Waals surface area contributed by atoms with Crippen molar-refractivity contribution in [3.05, 3.63) is 48.5 Å². The number of quaternary nitrogens is 1. The Hall–Kier alpha value is -1.45. The van der Waals surface area contributed by atoms with Crippen LogP contribution in [-0.4, -0.2) is 26.7 Å². The third-order valence-electron chi connectivity index (χ3n) is 4.59. The Labute approximate surface area is 130 Å². The summed E-state index contributed by atoms with van der Waals surface area (Å²) in [5.74, 6) is 0.800. The summed E-state index contributed by atoms with van der Waals surface area (Å²) in [5, 5.41) is 0. The molecule has 2 unspecified atom stereocenters. The molecule has 2 aromatic carbocycles. The van der Waals surface area contributed by atoms with E-state index in [9.17, 15) is 0 Å². The van der Waals surface area contributed by atoms with E-state index in [0.29, 0.717) is 0 Å². The van der Waals surface area contributed by atoms with E-state index in [2.05, 4.69) is 60.5 Å². The average molecular weight is 297 g/mol. The van der Waals surface area contributed by atoms with Gasteiger partial charge in [0.1, 0.15) is 0 Å². The van der Waals surface area contributed by atoms with Gasteiger partial charge in [-0.3, -0.25) is 0 Å². The van der Waals surface area contributed by atoms with E-state index in [1.165, 1.54) is 40.7 Å². The fraction of sp³-hybridized carbons (Fsp3) is 0.333. The fourth-order valence-electron chi connectivity index (χ4n) is 3.54. The molecule has 0 aliphatic carbocycles. The smallest absolute Gasteiger partial charge is 0.0817 e. The summed E-state index contributed by atoms with van der Waals surface area (Å²) in [6.45, 7) is 3.76. The second-order valence-corrected chi connectivity index (χ2v) is 7.30. The van der Waals surface area contributed by atoms with Crippen molar-refractivity contribution in [1.29, 1.82) is 0 Å². The number of anilines is 2. The van der Waals surface area contributed by atoms with Crippen LogP contribution in [0.4, 0.5) is 11.4 Å². The van der Waals surface area contributed by atoms with Crippen LogP contribution in [0.1, 0.15) is 6.42 Å². The molecule has 21 heavy (non-hydrogen) atoms. The van der Waals surface area contributed by atoms with Gasteiger partial charge in [-0.05, 0) is 24.3 Å². The van der Waals surface area contributed by atoms with Crippen molar-refractivity contribution >= 4 is 23.1 Å². The van der Waals surface area contributed by atoms with Crippen LogP contribution in [0.2, 0.25) is 0 Å². The Kier molecular flexibility index (Phi) is 3.40.